The highest BCUT2D eigenvalue weighted by atomic mass is 32.1. The van der Waals surface area contributed by atoms with Gasteiger partial charge in [0, 0.05) is 30.6 Å². The first-order valence-corrected chi connectivity index (χ1v) is 10.1. The molecule has 1 aliphatic heterocycles. The number of thiophene rings is 1. The average molecular weight is 431 g/mol. The monoisotopic (exact) mass is 431 g/mol. The zero-order chi connectivity index (χ0) is 21.6. The molecule has 3 aromatic rings. The highest BCUT2D eigenvalue weighted by Gasteiger charge is 2.30. The molecule has 1 atom stereocenters. The van der Waals surface area contributed by atoms with Crippen molar-refractivity contribution in [1.82, 2.24) is 20.4 Å². The second-order valence-corrected chi connectivity index (χ2v) is 8.27. The lowest BCUT2D eigenvalue weighted by molar-refractivity contribution is 0.0778. The molecule has 0 spiro atoms. The van der Waals surface area contributed by atoms with Gasteiger partial charge in [-0.3, -0.25) is 9.59 Å². The van der Waals surface area contributed by atoms with Crippen LogP contribution in [0.2, 0.25) is 0 Å². The molecule has 7 nitrogen and oxygen atoms in total. The number of carbonyl (C=O) groups is 2. The van der Waals surface area contributed by atoms with Crippen LogP contribution < -0.4 is 11.1 Å². The predicted octanol–water partition coefficient (Wildman–Crippen LogP) is 2.81. The minimum atomic E-state index is -0.905. The van der Waals surface area contributed by atoms with Crippen molar-refractivity contribution < 1.29 is 18.4 Å². The Morgan fingerprint density at radius 2 is 2.03 bits per heavy atom. The van der Waals surface area contributed by atoms with E-state index in [4.69, 9.17) is 5.73 Å². The van der Waals surface area contributed by atoms with Crippen molar-refractivity contribution in [2.24, 2.45) is 0 Å². The molecule has 0 saturated carbocycles. The molecule has 0 aliphatic carbocycles. The Labute approximate surface area is 174 Å². The molecule has 0 bridgehead atoms. The van der Waals surface area contributed by atoms with Crippen molar-refractivity contribution >= 4 is 39.1 Å². The third kappa shape index (κ3) is 3.47. The molecular formula is C20H19F2N5O2S. The predicted molar refractivity (Wildman–Crippen MR) is 109 cm³/mol. The topological polar surface area (TPSA) is 101 Å². The van der Waals surface area contributed by atoms with E-state index in [1.807, 2.05) is 13.8 Å². The van der Waals surface area contributed by atoms with Gasteiger partial charge in [-0.25, -0.2) is 8.78 Å². The van der Waals surface area contributed by atoms with E-state index in [9.17, 15) is 18.4 Å². The van der Waals surface area contributed by atoms with Gasteiger partial charge in [-0.05, 0) is 38.0 Å². The van der Waals surface area contributed by atoms with Crippen LogP contribution in [0.1, 0.15) is 37.7 Å². The third-order valence-corrected chi connectivity index (χ3v) is 6.40. The fourth-order valence-corrected chi connectivity index (χ4v) is 4.56. The average Bonchev–Trinajstić information content (AvgIpc) is 3.29. The molecule has 3 heterocycles. The van der Waals surface area contributed by atoms with Crippen molar-refractivity contribution in [3.63, 3.8) is 0 Å². The van der Waals surface area contributed by atoms with Crippen molar-refractivity contribution in [1.29, 1.82) is 0 Å². The number of nitrogen functional groups attached to an aromatic ring is 1. The summed E-state index contributed by atoms with van der Waals surface area (Å²) in [4.78, 5) is 27.7. The van der Waals surface area contributed by atoms with E-state index in [1.165, 1.54) is 16.2 Å². The van der Waals surface area contributed by atoms with Crippen LogP contribution in [0.25, 0.3) is 10.2 Å². The summed E-state index contributed by atoms with van der Waals surface area (Å²) in [6.45, 7) is 4.29. The Morgan fingerprint density at radius 1 is 1.27 bits per heavy atom. The number of nitrogens with two attached hydrogens (primary N) is 1. The smallest absolute Gasteiger partial charge is 0.263 e. The Balaban J connectivity index is 1.48. The molecule has 3 N–H and O–H groups in total. The van der Waals surface area contributed by atoms with Crippen LogP contribution >= 0.6 is 11.3 Å². The number of nitrogens with zero attached hydrogens (tertiary/aromatic N) is 3. The van der Waals surface area contributed by atoms with Gasteiger partial charge in [-0.15, -0.1) is 16.4 Å². The molecule has 2 aromatic heterocycles. The van der Waals surface area contributed by atoms with Crippen molar-refractivity contribution in [2.75, 3.05) is 18.8 Å². The zero-order valence-electron chi connectivity index (χ0n) is 16.3. The first-order chi connectivity index (χ1) is 14.3. The fourth-order valence-electron chi connectivity index (χ4n) is 3.56. The van der Waals surface area contributed by atoms with E-state index in [0.29, 0.717) is 34.4 Å². The Kier molecular flexibility index (Phi) is 5.10. The van der Waals surface area contributed by atoms with Gasteiger partial charge in [-0.1, -0.05) is 0 Å². The van der Waals surface area contributed by atoms with E-state index in [0.717, 1.165) is 28.8 Å². The maximum absolute atomic E-state index is 13.9. The van der Waals surface area contributed by atoms with Crippen LogP contribution in [0.5, 0.6) is 0 Å². The molecule has 1 unspecified atom stereocenters. The maximum Gasteiger partial charge on any atom is 0.263 e. The summed E-state index contributed by atoms with van der Waals surface area (Å²) in [7, 11) is 0. The van der Waals surface area contributed by atoms with Gasteiger partial charge < -0.3 is 16.0 Å². The maximum atomic E-state index is 13.9. The molecule has 1 saturated heterocycles. The second-order valence-electron chi connectivity index (χ2n) is 7.27. The lowest BCUT2D eigenvalue weighted by Crippen LogP contribution is -2.38. The first-order valence-electron chi connectivity index (χ1n) is 9.33. The lowest BCUT2D eigenvalue weighted by Gasteiger charge is -2.17. The van der Waals surface area contributed by atoms with Crippen LogP contribution in [-0.2, 0) is 0 Å². The SMILES string of the molecule is Cc1nnc2sc(C(=O)NC3CCN(C(=O)c4ccc(F)cc4F)C3)c(N)c2c1C. The number of hydrogen-bond acceptors (Lipinski definition) is 6. The van der Waals surface area contributed by atoms with Gasteiger partial charge in [0.05, 0.1) is 16.9 Å². The lowest BCUT2D eigenvalue weighted by atomic mass is 10.1. The van der Waals surface area contributed by atoms with Crippen molar-refractivity contribution in [2.45, 2.75) is 26.3 Å². The van der Waals surface area contributed by atoms with Crippen molar-refractivity contribution in [3.8, 4) is 0 Å². The number of fused-ring (bicyclic) bond motifs is 1. The molecule has 1 fully saturated rings. The Hall–Kier alpha value is -3.14. The van der Waals surface area contributed by atoms with Gasteiger partial charge in [-0.2, -0.15) is 5.10 Å². The number of rotatable bonds is 3. The summed E-state index contributed by atoms with van der Waals surface area (Å²) in [5.41, 5.74) is 8.01. The van der Waals surface area contributed by atoms with Crippen LogP contribution in [-0.4, -0.2) is 46.0 Å². The molecule has 1 aromatic carbocycles. The molecule has 4 rings (SSSR count). The summed E-state index contributed by atoms with van der Waals surface area (Å²) >= 11 is 1.17. The number of likely N-dealkylation sites (tertiary alicyclic amines) is 1. The standard InChI is InChI=1S/C20H19F2N5O2S/c1-9-10(2)25-26-19-15(9)16(23)17(30-19)18(28)24-12-5-6-27(8-12)20(29)13-4-3-11(21)7-14(13)22/h3-4,7,12H,5-6,8,23H2,1-2H3,(H,24,28). The van der Waals surface area contributed by atoms with E-state index >= 15 is 0 Å². The molecular weight excluding hydrogens is 412 g/mol. The van der Waals surface area contributed by atoms with Crippen LogP contribution in [0.4, 0.5) is 14.5 Å². The van der Waals surface area contributed by atoms with Gasteiger partial charge in [0.1, 0.15) is 21.3 Å². The molecule has 0 radical (unpaired) electrons. The number of amides is 2. The number of halogens is 2. The van der Waals surface area contributed by atoms with E-state index in [-0.39, 0.29) is 24.1 Å². The Bertz CT molecular complexity index is 1180. The quantitative estimate of drug-likeness (QED) is 0.664. The summed E-state index contributed by atoms with van der Waals surface area (Å²) in [6.07, 6.45) is 0.517. The number of carbonyl (C=O) groups excluding carboxylic acids is 2. The van der Waals surface area contributed by atoms with Crippen LogP contribution in [0, 0.1) is 25.5 Å². The number of nitrogens with one attached hydrogen (secondary N) is 1. The van der Waals surface area contributed by atoms with Crippen LogP contribution in [0.3, 0.4) is 0 Å². The Morgan fingerprint density at radius 3 is 2.77 bits per heavy atom. The van der Waals surface area contributed by atoms with E-state index in [1.54, 1.807) is 0 Å². The van der Waals surface area contributed by atoms with Gasteiger partial charge in [0.15, 0.2) is 0 Å². The first kappa shape index (κ1) is 20.1. The van der Waals surface area contributed by atoms with Crippen molar-refractivity contribution in [3.05, 3.63) is 51.5 Å². The number of aromatic nitrogens is 2. The van der Waals surface area contributed by atoms with E-state index in [2.05, 4.69) is 15.5 Å². The summed E-state index contributed by atoms with van der Waals surface area (Å²) < 4.78 is 27.0. The summed E-state index contributed by atoms with van der Waals surface area (Å²) in [5, 5.41) is 11.8. The molecule has 1 aliphatic rings. The fraction of sp³-hybridized carbons (Fsp3) is 0.300. The number of anilines is 1. The number of aryl methyl sites for hydroxylation is 2. The minimum absolute atomic E-state index is 0.193. The van der Waals surface area contributed by atoms with Crippen LogP contribution in [0.15, 0.2) is 18.2 Å². The van der Waals surface area contributed by atoms with Gasteiger partial charge in [0.2, 0.25) is 0 Å². The largest absolute Gasteiger partial charge is 0.397 e. The minimum Gasteiger partial charge on any atom is -0.397 e. The van der Waals surface area contributed by atoms with Gasteiger partial charge >= 0.3 is 0 Å². The normalized spacial score (nSPS) is 16.3. The summed E-state index contributed by atoms with van der Waals surface area (Å²) in [5.74, 6) is -2.53. The number of benzene rings is 1. The third-order valence-electron chi connectivity index (χ3n) is 5.31. The highest BCUT2D eigenvalue weighted by molar-refractivity contribution is 7.21. The van der Waals surface area contributed by atoms with Gasteiger partial charge in [0.25, 0.3) is 11.8 Å². The summed E-state index contributed by atoms with van der Waals surface area (Å²) in [6, 6.07) is 2.55. The van der Waals surface area contributed by atoms with E-state index < -0.39 is 17.5 Å². The molecule has 30 heavy (non-hydrogen) atoms. The number of hydrogen-bond donors (Lipinski definition) is 2. The molecule has 10 heteroatoms. The molecule has 2 amide bonds. The zero-order valence-corrected chi connectivity index (χ0v) is 17.1. The molecule has 156 valence electrons. The highest BCUT2D eigenvalue weighted by Crippen LogP contribution is 2.35. The second kappa shape index (κ2) is 7.60.